The van der Waals surface area contributed by atoms with E-state index in [1.54, 1.807) is 24.3 Å². The molecular weight excluding hydrogens is 447 g/mol. The van der Waals surface area contributed by atoms with Crippen LogP contribution in [0, 0.1) is 5.92 Å². The van der Waals surface area contributed by atoms with E-state index in [0.717, 1.165) is 0 Å². The number of anilines is 2. The van der Waals surface area contributed by atoms with Gasteiger partial charge in [0.2, 0.25) is 5.91 Å². The van der Waals surface area contributed by atoms with Crippen LogP contribution < -0.4 is 19.7 Å². The number of benzene rings is 2. The van der Waals surface area contributed by atoms with Crippen molar-refractivity contribution in [2.24, 2.45) is 5.92 Å². The van der Waals surface area contributed by atoms with Gasteiger partial charge < -0.3 is 24.4 Å². The average Bonchev–Trinajstić information content (AvgIpc) is 3.15. The predicted octanol–water partition coefficient (Wildman–Crippen LogP) is 3.55. The topological polar surface area (TPSA) is 94.2 Å². The Labute approximate surface area is 189 Å². The third kappa shape index (κ3) is 5.39. The van der Waals surface area contributed by atoms with Gasteiger partial charge in [-0.2, -0.15) is 0 Å². The maximum atomic E-state index is 12.5. The number of halogens is 2. The van der Waals surface area contributed by atoms with Crippen molar-refractivity contribution >= 4 is 52.4 Å². The molecule has 164 valence electrons. The smallest absolute Gasteiger partial charge is 0.311 e. The Morgan fingerprint density at radius 2 is 1.90 bits per heavy atom. The van der Waals surface area contributed by atoms with Crippen LogP contribution in [0.4, 0.5) is 11.4 Å². The Morgan fingerprint density at radius 1 is 1.13 bits per heavy atom. The third-order valence-electron chi connectivity index (χ3n) is 4.68. The summed E-state index contributed by atoms with van der Waals surface area (Å²) in [6, 6.07) is 9.64. The minimum absolute atomic E-state index is 0.0320. The summed E-state index contributed by atoms with van der Waals surface area (Å²) in [7, 11) is 3.01. The van der Waals surface area contributed by atoms with Gasteiger partial charge in [0.15, 0.2) is 6.61 Å². The summed E-state index contributed by atoms with van der Waals surface area (Å²) in [4.78, 5) is 38.5. The molecule has 2 aromatic rings. The minimum atomic E-state index is -0.707. The maximum Gasteiger partial charge on any atom is 0.311 e. The van der Waals surface area contributed by atoms with Crippen LogP contribution in [0.2, 0.25) is 10.0 Å². The second-order valence-electron chi connectivity index (χ2n) is 6.72. The number of esters is 1. The molecule has 1 atom stereocenters. The summed E-state index contributed by atoms with van der Waals surface area (Å²) in [5.74, 6) is -1.15. The highest BCUT2D eigenvalue weighted by molar-refractivity contribution is 6.35. The Bertz CT molecular complexity index is 1010. The lowest BCUT2D eigenvalue weighted by Crippen LogP contribution is -2.28. The number of carbonyl (C=O) groups is 3. The Kier molecular flexibility index (Phi) is 7.25. The summed E-state index contributed by atoms with van der Waals surface area (Å²) >= 11 is 11.9. The number of hydrogen-bond donors (Lipinski definition) is 1. The van der Waals surface area contributed by atoms with Gasteiger partial charge in [-0.1, -0.05) is 23.2 Å². The molecule has 1 saturated heterocycles. The van der Waals surface area contributed by atoms with E-state index in [-0.39, 0.29) is 18.9 Å². The monoisotopic (exact) mass is 466 g/mol. The highest BCUT2D eigenvalue weighted by Crippen LogP contribution is 2.36. The Balaban J connectivity index is 1.59. The molecule has 8 nitrogen and oxygen atoms in total. The SMILES string of the molecule is COc1ccc(N2C[C@@H](C(=O)OCC(=O)Nc3cc(Cl)ccc3Cl)CC2=O)c(OC)c1. The van der Waals surface area contributed by atoms with Crippen molar-refractivity contribution in [2.45, 2.75) is 6.42 Å². The third-order valence-corrected chi connectivity index (χ3v) is 5.25. The van der Waals surface area contributed by atoms with Crippen molar-refractivity contribution in [3.63, 3.8) is 0 Å². The summed E-state index contributed by atoms with van der Waals surface area (Å²) in [5, 5.41) is 3.23. The molecule has 1 fully saturated rings. The first kappa shape index (κ1) is 22.7. The van der Waals surface area contributed by atoms with Gasteiger partial charge in [-0.3, -0.25) is 14.4 Å². The Hall–Kier alpha value is -2.97. The first-order valence-electron chi connectivity index (χ1n) is 9.26. The number of carbonyl (C=O) groups excluding carboxylic acids is 3. The zero-order valence-corrected chi connectivity index (χ0v) is 18.3. The van der Waals surface area contributed by atoms with Crippen molar-refractivity contribution < 1.29 is 28.6 Å². The maximum absolute atomic E-state index is 12.5. The number of amides is 2. The van der Waals surface area contributed by atoms with Gasteiger partial charge in [0.1, 0.15) is 11.5 Å². The lowest BCUT2D eigenvalue weighted by atomic mass is 10.1. The summed E-state index contributed by atoms with van der Waals surface area (Å²) in [6.07, 6.45) is -0.0320. The lowest BCUT2D eigenvalue weighted by molar-refractivity contribution is -0.151. The van der Waals surface area contributed by atoms with Crippen molar-refractivity contribution in [1.29, 1.82) is 0 Å². The molecule has 10 heteroatoms. The highest BCUT2D eigenvalue weighted by atomic mass is 35.5. The molecule has 1 heterocycles. The number of nitrogens with zero attached hydrogens (tertiary/aromatic N) is 1. The average molecular weight is 467 g/mol. The molecule has 1 N–H and O–H groups in total. The van der Waals surface area contributed by atoms with Crippen molar-refractivity contribution in [3.05, 3.63) is 46.4 Å². The van der Waals surface area contributed by atoms with Crippen molar-refractivity contribution in [3.8, 4) is 11.5 Å². The second kappa shape index (κ2) is 9.89. The van der Waals surface area contributed by atoms with Crippen LogP contribution in [0.1, 0.15) is 6.42 Å². The number of methoxy groups -OCH3 is 2. The fraction of sp³-hybridized carbons (Fsp3) is 0.286. The van der Waals surface area contributed by atoms with Crippen LogP contribution in [-0.4, -0.2) is 45.2 Å². The van der Waals surface area contributed by atoms with E-state index in [1.165, 1.54) is 31.3 Å². The van der Waals surface area contributed by atoms with Crippen LogP contribution >= 0.6 is 23.2 Å². The zero-order valence-electron chi connectivity index (χ0n) is 16.8. The first-order valence-corrected chi connectivity index (χ1v) is 10.0. The van der Waals surface area contributed by atoms with Gasteiger partial charge in [0.05, 0.1) is 36.5 Å². The van der Waals surface area contributed by atoms with E-state index >= 15 is 0 Å². The lowest BCUT2D eigenvalue weighted by Gasteiger charge is -2.20. The van der Waals surface area contributed by atoms with Gasteiger partial charge in [-0.05, 0) is 30.3 Å². The van der Waals surface area contributed by atoms with Gasteiger partial charge in [0.25, 0.3) is 5.91 Å². The van der Waals surface area contributed by atoms with Crippen LogP contribution in [-0.2, 0) is 19.1 Å². The Morgan fingerprint density at radius 3 is 2.61 bits per heavy atom. The number of rotatable bonds is 7. The number of ether oxygens (including phenoxy) is 3. The normalized spacial score (nSPS) is 15.5. The standard InChI is InChI=1S/C21H20Cl2N2O6/c1-29-14-4-6-17(18(9-14)30-2)25-10-12(7-20(25)27)21(28)31-11-19(26)24-16-8-13(22)3-5-15(16)23/h3-6,8-9,12H,7,10-11H2,1-2H3,(H,24,26)/t12-/m0/s1. The number of nitrogens with one attached hydrogen (secondary N) is 1. The van der Waals surface area contributed by atoms with E-state index in [2.05, 4.69) is 5.32 Å². The molecule has 0 unspecified atom stereocenters. The molecule has 2 amide bonds. The summed E-state index contributed by atoms with van der Waals surface area (Å²) in [6.45, 7) is -0.402. The molecule has 0 radical (unpaired) electrons. The highest BCUT2D eigenvalue weighted by Gasteiger charge is 2.37. The van der Waals surface area contributed by atoms with Crippen LogP contribution in [0.15, 0.2) is 36.4 Å². The molecular formula is C21H20Cl2N2O6. The van der Waals surface area contributed by atoms with Crippen molar-refractivity contribution in [2.75, 3.05) is 37.6 Å². The van der Waals surface area contributed by atoms with Crippen LogP contribution in [0.3, 0.4) is 0 Å². The van der Waals surface area contributed by atoms with Crippen molar-refractivity contribution in [1.82, 2.24) is 0 Å². The zero-order chi connectivity index (χ0) is 22.5. The van der Waals surface area contributed by atoms with E-state index in [1.807, 2.05) is 0 Å². The van der Waals surface area contributed by atoms with E-state index in [4.69, 9.17) is 37.4 Å². The molecule has 1 aliphatic heterocycles. The van der Waals surface area contributed by atoms with Gasteiger partial charge in [-0.25, -0.2) is 0 Å². The minimum Gasteiger partial charge on any atom is -0.497 e. The molecule has 0 aliphatic carbocycles. The molecule has 0 saturated carbocycles. The first-order chi connectivity index (χ1) is 14.8. The summed E-state index contributed by atoms with van der Waals surface area (Å²) in [5.41, 5.74) is 0.834. The van der Waals surface area contributed by atoms with Crippen LogP contribution in [0.5, 0.6) is 11.5 Å². The van der Waals surface area contributed by atoms with Gasteiger partial charge in [-0.15, -0.1) is 0 Å². The van der Waals surface area contributed by atoms with E-state index < -0.39 is 24.4 Å². The molecule has 0 aromatic heterocycles. The van der Waals surface area contributed by atoms with E-state index in [9.17, 15) is 14.4 Å². The fourth-order valence-electron chi connectivity index (χ4n) is 3.14. The second-order valence-corrected chi connectivity index (χ2v) is 7.57. The molecule has 31 heavy (non-hydrogen) atoms. The summed E-state index contributed by atoms with van der Waals surface area (Å²) < 4.78 is 15.6. The molecule has 1 aliphatic rings. The molecule has 3 rings (SSSR count). The van der Waals surface area contributed by atoms with Gasteiger partial charge >= 0.3 is 5.97 Å². The van der Waals surface area contributed by atoms with Gasteiger partial charge in [0, 0.05) is 24.1 Å². The fourth-order valence-corrected chi connectivity index (χ4v) is 3.48. The predicted molar refractivity (Wildman–Crippen MR) is 116 cm³/mol. The number of hydrogen-bond acceptors (Lipinski definition) is 6. The largest absolute Gasteiger partial charge is 0.497 e. The van der Waals surface area contributed by atoms with E-state index in [0.29, 0.717) is 32.9 Å². The van der Waals surface area contributed by atoms with Crippen LogP contribution in [0.25, 0.3) is 0 Å². The molecule has 0 bridgehead atoms. The quantitative estimate of drug-likeness (QED) is 0.627. The molecule has 0 spiro atoms. The molecule has 2 aromatic carbocycles.